The predicted molar refractivity (Wildman–Crippen MR) is 128 cm³/mol. The second-order valence-electron chi connectivity index (χ2n) is 4.32. The lowest BCUT2D eigenvalue weighted by atomic mass is 10.6. The van der Waals surface area contributed by atoms with E-state index in [-0.39, 0.29) is 6.61 Å². The smallest absolute Gasteiger partial charge is 0.190 e. The summed E-state index contributed by atoms with van der Waals surface area (Å²) in [6.07, 6.45) is 6.14. The van der Waals surface area contributed by atoms with Crippen LogP contribution >= 0.6 is 46.7 Å². The molecule has 0 aromatic carbocycles. The Balaban J connectivity index is 0. The normalized spacial score (nSPS) is 9.23. The van der Waals surface area contributed by atoms with E-state index in [0.29, 0.717) is 32.3 Å². The second kappa shape index (κ2) is 20.6. The zero-order valence-electron chi connectivity index (χ0n) is 17.3. The van der Waals surface area contributed by atoms with Gasteiger partial charge in [-0.2, -0.15) is 5.10 Å². The third-order valence-electron chi connectivity index (χ3n) is 2.17. The van der Waals surface area contributed by atoms with E-state index in [9.17, 15) is 0 Å². The number of anilines is 2. The van der Waals surface area contributed by atoms with Crippen molar-refractivity contribution in [2.75, 3.05) is 30.0 Å². The number of hydrazone groups is 1. The van der Waals surface area contributed by atoms with Crippen LogP contribution in [-0.4, -0.2) is 56.7 Å². The van der Waals surface area contributed by atoms with E-state index in [2.05, 4.69) is 35.9 Å². The SMILES string of the molecule is C/C=N/Nc1cc(Cl)nc(SC)n1.CC=O.CCO.CSc1nc(Cl)cc(NN)n1. The molecule has 2 rings (SSSR count). The molecule has 0 saturated carbocycles. The first kappa shape index (κ1) is 30.5. The van der Waals surface area contributed by atoms with Gasteiger partial charge in [0, 0.05) is 25.0 Å². The molecule has 2 aromatic heterocycles. The fourth-order valence-corrected chi connectivity index (χ4v) is 2.46. The lowest BCUT2D eigenvalue weighted by molar-refractivity contribution is -0.106. The number of aliphatic hydroxyl groups is 1. The molecule has 0 saturated heterocycles. The summed E-state index contributed by atoms with van der Waals surface area (Å²) in [5.74, 6) is 6.26. The molecule has 0 aliphatic heterocycles. The summed E-state index contributed by atoms with van der Waals surface area (Å²) in [6, 6.07) is 3.18. The van der Waals surface area contributed by atoms with Crippen molar-refractivity contribution in [3.63, 3.8) is 0 Å². The highest BCUT2D eigenvalue weighted by atomic mass is 35.5. The summed E-state index contributed by atoms with van der Waals surface area (Å²) in [5.41, 5.74) is 5.12. The molecule has 0 fully saturated rings. The van der Waals surface area contributed by atoms with Gasteiger partial charge in [-0.1, -0.05) is 46.7 Å². The number of rotatable bonds is 5. The average molecular weight is 497 g/mol. The van der Waals surface area contributed by atoms with Crippen molar-refractivity contribution in [2.45, 2.75) is 31.1 Å². The van der Waals surface area contributed by atoms with Crippen molar-refractivity contribution in [3.8, 4) is 0 Å². The van der Waals surface area contributed by atoms with Crippen molar-refractivity contribution >= 4 is 70.9 Å². The van der Waals surface area contributed by atoms with Crippen LogP contribution < -0.4 is 16.7 Å². The first-order chi connectivity index (χ1) is 14.3. The first-order valence-corrected chi connectivity index (χ1v) is 11.4. The Morgan fingerprint density at radius 2 is 1.47 bits per heavy atom. The highest BCUT2D eigenvalue weighted by molar-refractivity contribution is 7.98. The van der Waals surface area contributed by atoms with E-state index in [4.69, 9.17) is 38.9 Å². The molecule has 0 radical (unpaired) electrons. The van der Waals surface area contributed by atoms with E-state index in [1.807, 2.05) is 19.4 Å². The molecule has 0 atom stereocenters. The van der Waals surface area contributed by atoms with Gasteiger partial charge in [0.05, 0.1) is 0 Å². The lowest BCUT2D eigenvalue weighted by Crippen LogP contribution is -2.09. The van der Waals surface area contributed by atoms with Crippen molar-refractivity contribution < 1.29 is 9.90 Å². The molecule has 0 unspecified atom stereocenters. The molecule has 30 heavy (non-hydrogen) atoms. The number of hydrazine groups is 1. The zero-order valence-corrected chi connectivity index (χ0v) is 20.4. The van der Waals surface area contributed by atoms with Crippen LogP contribution in [0.25, 0.3) is 0 Å². The van der Waals surface area contributed by atoms with Crippen LogP contribution in [0.5, 0.6) is 0 Å². The summed E-state index contributed by atoms with van der Waals surface area (Å²) in [7, 11) is 0. The number of thioether (sulfide) groups is 2. The minimum absolute atomic E-state index is 0.250. The van der Waals surface area contributed by atoms with Gasteiger partial charge in [0.2, 0.25) is 0 Å². The van der Waals surface area contributed by atoms with E-state index in [0.717, 1.165) is 6.29 Å². The fourth-order valence-electron chi connectivity index (χ4n) is 1.24. The average Bonchev–Trinajstić information content (AvgIpc) is 2.73. The number of aliphatic hydroxyl groups excluding tert-OH is 1. The molecular weight excluding hydrogens is 471 g/mol. The van der Waals surface area contributed by atoms with Gasteiger partial charge in [0.15, 0.2) is 16.1 Å². The summed E-state index contributed by atoms with van der Waals surface area (Å²) >= 11 is 14.2. The molecule has 10 nitrogen and oxygen atoms in total. The number of nitrogens with one attached hydrogen (secondary N) is 2. The number of halogens is 2. The minimum atomic E-state index is 0.250. The molecule has 14 heteroatoms. The monoisotopic (exact) mass is 496 g/mol. The lowest BCUT2D eigenvalue weighted by Gasteiger charge is -2.01. The molecule has 0 amide bonds. The van der Waals surface area contributed by atoms with Gasteiger partial charge in [-0.3, -0.25) is 5.43 Å². The van der Waals surface area contributed by atoms with Crippen LogP contribution in [0.2, 0.25) is 10.3 Å². The summed E-state index contributed by atoms with van der Waals surface area (Å²) < 4.78 is 0. The van der Waals surface area contributed by atoms with Crippen molar-refractivity contribution in [3.05, 3.63) is 22.4 Å². The Kier molecular flexibility index (Phi) is 20.9. The number of carbonyl (C=O) groups excluding carboxylic acids is 1. The summed E-state index contributed by atoms with van der Waals surface area (Å²) in [6.45, 7) is 5.19. The van der Waals surface area contributed by atoms with Gasteiger partial charge in [-0.15, -0.1) is 0 Å². The van der Waals surface area contributed by atoms with Crippen LogP contribution in [-0.2, 0) is 4.79 Å². The topological polar surface area (TPSA) is 151 Å². The van der Waals surface area contributed by atoms with Crippen molar-refractivity contribution in [1.29, 1.82) is 0 Å². The molecule has 0 aliphatic carbocycles. The van der Waals surface area contributed by atoms with Crippen LogP contribution in [0.15, 0.2) is 27.5 Å². The molecule has 2 aromatic rings. The number of nitrogens with two attached hydrogens (primary N) is 1. The molecule has 168 valence electrons. The summed E-state index contributed by atoms with van der Waals surface area (Å²) in [4.78, 5) is 24.8. The Morgan fingerprint density at radius 3 is 1.83 bits per heavy atom. The van der Waals surface area contributed by atoms with Gasteiger partial charge in [0.1, 0.15) is 22.4 Å². The molecule has 5 N–H and O–H groups in total. The van der Waals surface area contributed by atoms with Crippen LogP contribution in [0.1, 0.15) is 20.8 Å². The first-order valence-electron chi connectivity index (χ1n) is 8.23. The maximum absolute atomic E-state index is 8.81. The maximum atomic E-state index is 8.81. The van der Waals surface area contributed by atoms with Crippen LogP contribution in [0.4, 0.5) is 11.6 Å². The number of hydrogen-bond acceptors (Lipinski definition) is 12. The Hall–Kier alpha value is -1.70. The van der Waals surface area contributed by atoms with Gasteiger partial charge in [-0.05, 0) is 33.3 Å². The molecule has 0 aliphatic rings. The van der Waals surface area contributed by atoms with Crippen molar-refractivity contribution in [2.24, 2.45) is 10.9 Å². The van der Waals surface area contributed by atoms with Crippen molar-refractivity contribution in [1.82, 2.24) is 19.9 Å². The zero-order chi connectivity index (χ0) is 23.4. The maximum Gasteiger partial charge on any atom is 0.190 e. The van der Waals surface area contributed by atoms with Crippen LogP contribution in [0, 0.1) is 0 Å². The minimum Gasteiger partial charge on any atom is -0.397 e. The van der Waals surface area contributed by atoms with E-state index in [1.54, 1.807) is 25.3 Å². The Labute approximate surface area is 194 Å². The number of nitrogen functional groups attached to an aromatic ring is 1. The van der Waals surface area contributed by atoms with Gasteiger partial charge in [0.25, 0.3) is 0 Å². The highest BCUT2D eigenvalue weighted by Gasteiger charge is 2.00. The standard InChI is InChI=1S/C7H9ClN4S.C5H7ClN4S.C2H6O.C2H4O/c1-3-9-12-6-4-5(8)10-7(11-6)13-2;1-11-5-8-3(6)2-4(9-5)10-7;2*1-2-3/h3-4H,1-2H3,(H,10,11,12);2H,7H2,1H3,(H,8,9,10);3H,2H2,1H3;2H,1H3/b9-3+;;;. The van der Waals surface area contributed by atoms with Gasteiger partial charge >= 0.3 is 0 Å². The number of aldehydes is 1. The van der Waals surface area contributed by atoms with E-state index in [1.165, 1.54) is 30.4 Å². The second-order valence-corrected chi connectivity index (χ2v) is 6.64. The number of hydrogen-bond donors (Lipinski definition) is 4. The quantitative estimate of drug-likeness (QED) is 0.0912. The highest BCUT2D eigenvalue weighted by Crippen LogP contribution is 2.17. The predicted octanol–water partition coefficient (Wildman–Crippen LogP) is 3.61. The molecule has 2 heterocycles. The number of aromatic nitrogens is 4. The Morgan fingerprint density at radius 1 is 1.07 bits per heavy atom. The van der Waals surface area contributed by atoms with Gasteiger partial charge in [-0.25, -0.2) is 25.8 Å². The van der Waals surface area contributed by atoms with Gasteiger partial charge < -0.3 is 15.3 Å². The molecular formula is C16H26Cl2N8O2S2. The van der Waals surface area contributed by atoms with Crippen LogP contribution in [0.3, 0.4) is 0 Å². The van der Waals surface area contributed by atoms with E-state index >= 15 is 0 Å². The fraction of sp³-hybridized carbons (Fsp3) is 0.375. The van der Waals surface area contributed by atoms with E-state index < -0.39 is 0 Å². The summed E-state index contributed by atoms with van der Waals surface area (Å²) in [5, 5.41) is 13.4. The third-order valence-corrected chi connectivity index (χ3v) is 3.65. The number of nitrogens with zero attached hydrogens (tertiary/aromatic N) is 5. The molecule has 0 bridgehead atoms. The Bertz CT molecular complexity index is 735. The third kappa shape index (κ3) is 16.1. The largest absolute Gasteiger partial charge is 0.397 e. The molecule has 0 spiro atoms. The number of carbonyl (C=O) groups is 1.